The summed E-state index contributed by atoms with van der Waals surface area (Å²) in [5.74, 6) is -0.960. The van der Waals surface area contributed by atoms with Gasteiger partial charge in [-0.05, 0) is 23.8 Å². The zero-order chi connectivity index (χ0) is 15.1. The second-order valence-electron chi connectivity index (χ2n) is 4.20. The Kier molecular flexibility index (Phi) is 5.58. The maximum absolute atomic E-state index is 10.9. The van der Waals surface area contributed by atoms with Crippen LogP contribution in [0.2, 0.25) is 0 Å². The predicted molar refractivity (Wildman–Crippen MR) is 73.5 cm³/mol. The summed E-state index contributed by atoms with van der Waals surface area (Å²) < 4.78 is 10.6. The number of benzene rings is 1. The monoisotopic (exact) mass is 279 g/mol. The largest absolute Gasteiger partial charge is 0.493 e. The van der Waals surface area contributed by atoms with Crippen LogP contribution in [0.15, 0.2) is 24.3 Å². The quantitative estimate of drug-likeness (QED) is 0.733. The minimum Gasteiger partial charge on any atom is -0.493 e. The lowest BCUT2D eigenvalue weighted by Crippen LogP contribution is -2.25. The van der Waals surface area contributed by atoms with Crippen molar-refractivity contribution in [2.75, 3.05) is 13.7 Å². The van der Waals surface area contributed by atoms with Crippen LogP contribution in [0, 0.1) is 5.92 Å². The van der Waals surface area contributed by atoms with Crippen molar-refractivity contribution in [2.24, 2.45) is 11.7 Å². The summed E-state index contributed by atoms with van der Waals surface area (Å²) in [6, 6.07) is 4.98. The molecule has 0 aliphatic rings. The Morgan fingerprint density at radius 1 is 1.40 bits per heavy atom. The highest BCUT2D eigenvalue weighted by Crippen LogP contribution is 2.28. The smallest absolute Gasteiger partial charge is 0.328 e. The Morgan fingerprint density at radius 3 is 2.65 bits per heavy atom. The number of hydrogen-bond donors (Lipinski definition) is 2. The highest BCUT2D eigenvalue weighted by atomic mass is 16.5. The van der Waals surface area contributed by atoms with E-state index in [1.165, 1.54) is 13.2 Å². The second-order valence-corrected chi connectivity index (χ2v) is 4.20. The fraction of sp³-hybridized carbons (Fsp3) is 0.286. The molecule has 1 unspecified atom stereocenters. The van der Waals surface area contributed by atoms with E-state index in [1.54, 1.807) is 25.1 Å². The van der Waals surface area contributed by atoms with Gasteiger partial charge in [0.25, 0.3) is 0 Å². The van der Waals surface area contributed by atoms with Crippen molar-refractivity contribution < 1.29 is 24.2 Å². The molecule has 1 atom stereocenters. The molecule has 1 aromatic carbocycles. The van der Waals surface area contributed by atoms with Gasteiger partial charge in [0.15, 0.2) is 11.5 Å². The molecule has 20 heavy (non-hydrogen) atoms. The molecule has 6 nitrogen and oxygen atoms in total. The molecule has 0 saturated carbocycles. The van der Waals surface area contributed by atoms with Gasteiger partial charge in [-0.1, -0.05) is 13.0 Å². The third-order valence-electron chi connectivity index (χ3n) is 2.58. The lowest BCUT2D eigenvalue weighted by Gasteiger charge is -2.13. The van der Waals surface area contributed by atoms with Gasteiger partial charge in [0.05, 0.1) is 19.6 Å². The zero-order valence-corrected chi connectivity index (χ0v) is 11.3. The molecule has 0 aliphatic carbocycles. The maximum Gasteiger partial charge on any atom is 0.328 e. The third kappa shape index (κ3) is 4.64. The Bertz CT molecular complexity index is 524. The molecule has 1 amide bonds. The van der Waals surface area contributed by atoms with Crippen molar-refractivity contribution in [1.29, 1.82) is 0 Å². The zero-order valence-electron chi connectivity index (χ0n) is 11.3. The van der Waals surface area contributed by atoms with Crippen LogP contribution in [0.4, 0.5) is 0 Å². The number of carboxylic acid groups (broad SMARTS) is 1. The summed E-state index contributed by atoms with van der Waals surface area (Å²) >= 11 is 0. The van der Waals surface area contributed by atoms with Gasteiger partial charge < -0.3 is 20.3 Å². The Balaban J connectivity index is 2.82. The van der Waals surface area contributed by atoms with E-state index >= 15 is 0 Å². The minimum absolute atomic E-state index is 0.149. The van der Waals surface area contributed by atoms with Crippen molar-refractivity contribution in [2.45, 2.75) is 6.92 Å². The second kappa shape index (κ2) is 7.18. The number of carbonyl (C=O) groups is 2. The highest BCUT2D eigenvalue weighted by molar-refractivity contribution is 5.85. The molecular weight excluding hydrogens is 262 g/mol. The Hall–Kier alpha value is -2.50. The minimum atomic E-state index is -1.03. The molecule has 108 valence electrons. The lowest BCUT2D eigenvalue weighted by molar-refractivity contribution is -0.131. The van der Waals surface area contributed by atoms with Crippen molar-refractivity contribution >= 4 is 18.0 Å². The number of hydrogen-bond acceptors (Lipinski definition) is 4. The van der Waals surface area contributed by atoms with Gasteiger partial charge >= 0.3 is 5.97 Å². The molecular formula is C14H17NO5. The molecule has 0 radical (unpaired) electrons. The number of amides is 1. The van der Waals surface area contributed by atoms with Crippen LogP contribution in [0.5, 0.6) is 11.5 Å². The van der Waals surface area contributed by atoms with E-state index in [0.717, 1.165) is 6.08 Å². The standard InChI is InChI=1S/C14H17NO5/c1-9(14(15)18)8-20-11-5-3-10(4-6-13(16)17)7-12(11)19-2/h3-7,9H,8H2,1-2H3,(H2,15,18)(H,16,17)/b6-4+. The number of ether oxygens (including phenoxy) is 2. The van der Waals surface area contributed by atoms with Crippen LogP contribution >= 0.6 is 0 Å². The summed E-state index contributed by atoms with van der Waals surface area (Å²) in [7, 11) is 1.48. The van der Waals surface area contributed by atoms with Crippen molar-refractivity contribution in [1.82, 2.24) is 0 Å². The van der Waals surface area contributed by atoms with Crippen LogP contribution < -0.4 is 15.2 Å². The molecule has 1 rings (SSSR count). The Morgan fingerprint density at radius 2 is 2.10 bits per heavy atom. The summed E-state index contributed by atoms with van der Waals surface area (Å²) in [6.45, 7) is 1.81. The fourth-order valence-corrected chi connectivity index (χ4v) is 1.37. The topological polar surface area (TPSA) is 98.8 Å². The number of aliphatic carboxylic acids is 1. The summed E-state index contributed by atoms with van der Waals surface area (Å²) in [6.07, 6.45) is 2.48. The van der Waals surface area contributed by atoms with E-state index in [1.807, 2.05) is 0 Å². The first kappa shape index (κ1) is 15.6. The number of rotatable bonds is 7. The predicted octanol–water partition coefficient (Wildman–Crippen LogP) is 1.29. The van der Waals surface area contributed by atoms with E-state index in [0.29, 0.717) is 17.1 Å². The first-order valence-corrected chi connectivity index (χ1v) is 5.95. The van der Waals surface area contributed by atoms with Crippen LogP contribution in [0.3, 0.4) is 0 Å². The molecule has 0 bridgehead atoms. The molecule has 3 N–H and O–H groups in total. The van der Waals surface area contributed by atoms with Gasteiger partial charge in [-0.2, -0.15) is 0 Å². The van der Waals surface area contributed by atoms with Crippen molar-refractivity contribution in [3.05, 3.63) is 29.8 Å². The van der Waals surface area contributed by atoms with Crippen LogP contribution in [-0.2, 0) is 9.59 Å². The first-order chi connectivity index (χ1) is 9.43. The normalized spacial score (nSPS) is 12.1. The van der Waals surface area contributed by atoms with Gasteiger partial charge in [-0.3, -0.25) is 4.79 Å². The summed E-state index contributed by atoms with van der Waals surface area (Å²) in [5, 5.41) is 8.57. The number of nitrogens with two attached hydrogens (primary N) is 1. The SMILES string of the molecule is COc1cc(/C=C/C(=O)O)ccc1OCC(C)C(N)=O. The van der Waals surface area contributed by atoms with Gasteiger partial charge in [0.1, 0.15) is 0 Å². The third-order valence-corrected chi connectivity index (χ3v) is 2.58. The number of primary amides is 1. The molecule has 0 heterocycles. The fourth-order valence-electron chi connectivity index (χ4n) is 1.37. The van der Waals surface area contributed by atoms with E-state index < -0.39 is 17.8 Å². The van der Waals surface area contributed by atoms with Crippen LogP contribution in [0.1, 0.15) is 12.5 Å². The van der Waals surface area contributed by atoms with Crippen molar-refractivity contribution in [3.63, 3.8) is 0 Å². The lowest BCUT2D eigenvalue weighted by atomic mass is 10.1. The summed E-state index contributed by atoms with van der Waals surface area (Å²) in [5.41, 5.74) is 5.81. The number of carbonyl (C=O) groups excluding carboxylic acids is 1. The molecule has 0 saturated heterocycles. The van der Waals surface area contributed by atoms with Gasteiger partial charge in [-0.25, -0.2) is 4.79 Å². The molecule has 0 aliphatic heterocycles. The van der Waals surface area contributed by atoms with Gasteiger partial charge in [0, 0.05) is 6.08 Å². The molecule has 0 spiro atoms. The van der Waals surface area contributed by atoms with Crippen LogP contribution in [-0.4, -0.2) is 30.7 Å². The van der Waals surface area contributed by atoms with Crippen LogP contribution in [0.25, 0.3) is 6.08 Å². The highest BCUT2D eigenvalue weighted by Gasteiger charge is 2.11. The summed E-state index contributed by atoms with van der Waals surface area (Å²) in [4.78, 5) is 21.4. The van der Waals surface area contributed by atoms with E-state index in [2.05, 4.69) is 0 Å². The van der Waals surface area contributed by atoms with Crippen molar-refractivity contribution in [3.8, 4) is 11.5 Å². The van der Waals surface area contributed by atoms with Gasteiger partial charge in [0.2, 0.25) is 5.91 Å². The van der Waals surface area contributed by atoms with E-state index in [-0.39, 0.29) is 6.61 Å². The molecule has 0 fully saturated rings. The molecule has 1 aromatic rings. The first-order valence-electron chi connectivity index (χ1n) is 5.95. The molecule has 0 aromatic heterocycles. The number of carboxylic acids is 1. The number of methoxy groups -OCH3 is 1. The Labute approximate surface area is 116 Å². The maximum atomic E-state index is 10.9. The average molecular weight is 279 g/mol. The molecule has 6 heteroatoms. The van der Waals surface area contributed by atoms with E-state index in [4.69, 9.17) is 20.3 Å². The van der Waals surface area contributed by atoms with Gasteiger partial charge in [-0.15, -0.1) is 0 Å². The average Bonchev–Trinajstić information content (AvgIpc) is 2.42. The van der Waals surface area contributed by atoms with E-state index in [9.17, 15) is 9.59 Å².